The fourth-order valence-corrected chi connectivity index (χ4v) is 3.09. The average molecular weight is 307 g/mol. The van der Waals surface area contributed by atoms with Crippen molar-refractivity contribution in [1.29, 1.82) is 0 Å². The quantitative estimate of drug-likeness (QED) is 0.583. The molecular formula is C13H20Cl2N2S. The van der Waals surface area contributed by atoms with Crippen LogP contribution in [0.2, 0.25) is 10.0 Å². The van der Waals surface area contributed by atoms with Gasteiger partial charge in [-0.15, -0.1) is 11.8 Å². The van der Waals surface area contributed by atoms with Crippen LogP contribution in [-0.2, 0) is 0 Å². The van der Waals surface area contributed by atoms with Gasteiger partial charge in [0.25, 0.3) is 0 Å². The zero-order valence-electron chi connectivity index (χ0n) is 10.9. The second-order valence-electron chi connectivity index (χ2n) is 4.18. The first-order valence-corrected chi connectivity index (χ1v) is 7.78. The molecule has 1 N–H and O–H groups in total. The van der Waals surface area contributed by atoms with E-state index in [1.165, 1.54) is 6.42 Å². The molecule has 0 aliphatic heterocycles. The first-order valence-electron chi connectivity index (χ1n) is 6.04. The summed E-state index contributed by atoms with van der Waals surface area (Å²) in [6.07, 6.45) is 1.18. The average Bonchev–Trinajstić information content (AvgIpc) is 2.34. The van der Waals surface area contributed by atoms with E-state index >= 15 is 0 Å². The molecule has 1 aromatic rings. The zero-order chi connectivity index (χ0) is 13.4. The van der Waals surface area contributed by atoms with E-state index in [0.717, 1.165) is 40.3 Å². The van der Waals surface area contributed by atoms with E-state index in [-0.39, 0.29) is 0 Å². The van der Waals surface area contributed by atoms with Crippen LogP contribution in [0.25, 0.3) is 0 Å². The molecule has 1 rings (SSSR count). The van der Waals surface area contributed by atoms with Gasteiger partial charge in [0.05, 0.1) is 5.02 Å². The highest BCUT2D eigenvalue weighted by molar-refractivity contribution is 7.99. The highest BCUT2D eigenvalue weighted by Gasteiger charge is 2.03. The Labute approximate surface area is 124 Å². The Balaban J connectivity index is 2.26. The Bertz CT molecular complexity index is 361. The zero-order valence-corrected chi connectivity index (χ0v) is 13.2. The number of halogens is 2. The van der Waals surface area contributed by atoms with Crippen LogP contribution in [0.4, 0.5) is 0 Å². The summed E-state index contributed by atoms with van der Waals surface area (Å²) in [5, 5.41) is 4.67. The van der Waals surface area contributed by atoms with E-state index in [4.69, 9.17) is 23.2 Å². The maximum absolute atomic E-state index is 6.11. The fourth-order valence-electron chi connectivity index (χ4n) is 1.54. The summed E-state index contributed by atoms with van der Waals surface area (Å²) in [4.78, 5) is 3.40. The van der Waals surface area contributed by atoms with Gasteiger partial charge in [0.2, 0.25) is 0 Å². The molecule has 0 aliphatic rings. The minimum Gasteiger partial charge on any atom is -0.320 e. The molecule has 0 heterocycles. The topological polar surface area (TPSA) is 15.3 Å². The lowest BCUT2D eigenvalue weighted by molar-refractivity contribution is 0.349. The summed E-state index contributed by atoms with van der Waals surface area (Å²) in [5.41, 5.74) is 0. The number of benzene rings is 1. The molecule has 0 atom stereocenters. The van der Waals surface area contributed by atoms with E-state index in [1.54, 1.807) is 11.8 Å². The Hall–Kier alpha value is 0.0700. The normalized spacial score (nSPS) is 11.2. The van der Waals surface area contributed by atoms with Gasteiger partial charge >= 0.3 is 0 Å². The number of hydrogen-bond acceptors (Lipinski definition) is 3. The Morgan fingerprint density at radius 1 is 1.28 bits per heavy atom. The van der Waals surface area contributed by atoms with E-state index in [9.17, 15) is 0 Å². The second kappa shape index (κ2) is 9.05. The molecule has 102 valence electrons. The Kier molecular flexibility index (Phi) is 8.11. The third-order valence-electron chi connectivity index (χ3n) is 2.59. The third kappa shape index (κ3) is 6.30. The van der Waals surface area contributed by atoms with Gasteiger partial charge in [0.15, 0.2) is 0 Å². The highest BCUT2D eigenvalue weighted by Crippen LogP contribution is 2.29. The lowest BCUT2D eigenvalue weighted by atomic mass is 10.4. The predicted molar refractivity (Wildman–Crippen MR) is 83.2 cm³/mol. The van der Waals surface area contributed by atoms with Crippen LogP contribution >= 0.6 is 35.0 Å². The Morgan fingerprint density at radius 3 is 2.78 bits per heavy atom. The standard InChI is InChI=1S/C13H20Cl2N2S/c1-16-6-3-7-17(2)8-9-18-13-10-11(14)4-5-12(13)15/h4-5,10,16H,3,6-9H2,1-2H3. The summed E-state index contributed by atoms with van der Waals surface area (Å²) >= 11 is 13.8. The van der Waals surface area contributed by atoms with Crippen molar-refractivity contribution in [3.8, 4) is 0 Å². The third-order valence-corrected chi connectivity index (χ3v) is 4.30. The molecule has 0 radical (unpaired) electrons. The molecule has 0 unspecified atom stereocenters. The van der Waals surface area contributed by atoms with Gasteiger partial charge in [-0.1, -0.05) is 23.2 Å². The molecule has 0 fully saturated rings. The van der Waals surface area contributed by atoms with Crippen LogP contribution in [0, 0.1) is 0 Å². The monoisotopic (exact) mass is 306 g/mol. The van der Waals surface area contributed by atoms with E-state index < -0.39 is 0 Å². The van der Waals surface area contributed by atoms with Gasteiger partial charge in [0.1, 0.15) is 0 Å². The van der Waals surface area contributed by atoms with Gasteiger partial charge in [-0.3, -0.25) is 0 Å². The molecule has 0 bridgehead atoms. The van der Waals surface area contributed by atoms with Gasteiger partial charge in [-0.05, 0) is 51.8 Å². The maximum Gasteiger partial charge on any atom is 0.0542 e. The van der Waals surface area contributed by atoms with E-state index in [1.807, 2.05) is 25.2 Å². The minimum atomic E-state index is 0.740. The van der Waals surface area contributed by atoms with Crippen molar-refractivity contribution in [1.82, 2.24) is 10.2 Å². The largest absolute Gasteiger partial charge is 0.320 e. The molecule has 0 aromatic heterocycles. The summed E-state index contributed by atoms with van der Waals surface area (Å²) < 4.78 is 0. The number of nitrogens with one attached hydrogen (secondary N) is 1. The van der Waals surface area contributed by atoms with Crippen LogP contribution in [0.3, 0.4) is 0 Å². The van der Waals surface area contributed by atoms with Crippen molar-refractivity contribution in [2.45, 2.75) is 11.3 Å². The molecule has 0 aliphatic carbocycles. The van der Waals surface area contributed by atoms with Gasteiger partial charge in [0, 0.05) is 22.2 Å². The molecule has 0 saturated heterocycles. The number of nitrogens with zero attached hydrogens (tertiary/aromatic N) is 1. The minimum absolute atomic E-state index is 0.740. The van der Waals surface area contributed by atoms with Crippen molar-refractivity contribution in [3.63, 3.8) is 0 Å². The lowest BCUT2D eigenvalue weighted by Gasteiger charge is -2.16. The molecule has 2 nitrogen and oxygen atoms in total. The van der Waals surface area contributed by atoms with Crippen molar-refractivity contribution < 1.29 is 0 Å². The molecule has 0 amide bonds. The Morgan fingerprint density at radius 2 is 2.06 bits per heavy atom. The van der Waals surface area contributed by atoms with Crippen molar-refractivity contribution >= 4 is 35.0 Å². The van der Waals surface area contributed by atoms with Crippen LogP contribution < -0.4 is 5.32 Å². The van der Waals surface area contributed by atoms with Crippen molar-refractivity contribution in [2.24, 2.45) is 0 Å². The van der Waals surface area contributed by atoms with E-state index in [0.29, 0.717) is 0 Å². The van der Waals surface area contributed by atoms with E-state index in [2.05, 4.69) is 17.3 Å². The summed E-state index contributed by atoms with van der Waals surface area (Å²) in [7, 11) is 4.13. The summed E-state index contributed by atoms with van der Waals surface area (Å²) in [5.74, 6) is 1.02. The van der Waals surface area contributed by atoms with Crippen molar-refractivity contribution in [3.05, 3.63) is 28.2 Å². The maximum atomic E-state index is 6.11. The predicted octanol–water partition coefficient (Wildman–Crippen LogP) is 3.63. The second-order valence-corrected chi connectivity index (χ2v) is 6.16. The van der Waals surface area contributed by atoms with Gasteiger partial charge < -0.3 is 10.2 Å². The molecule has 0 saturated carbocycles. The number of hydrogen-bond donors (Lipinski definition) is 1. The van der Waals surface area contributed by atoms with Crippen molar-refractivity contribution in [2.75, 3.05) is 39.5 Å². The van der Waals surface area contributed by atoms with Crippen LogP contribution in [0.1, 0.15) is 6.42 Å². The highest BCUT2D eigenvalue weighted by atomic mass is 35.5. The number of thioether (sulfide) groups is 1. The lowest BCUT2D eigenvalue weighted by Crippen LogP contribution is -2.24. The smallest absolute Gasteiger partial charge is 0.0542 e. The SMILES string of the molecule is CNCCCN(C)CCSc1cc(Cl)ccc1Cl. The van der Waals surface area contributed by atoms with Crippen LogP contribution in [0.5, 0.6) is 0 Å². The molecule has 18 heavy (non-hydrogen) atoms. The summed E-state index contributed by atoms with van der Waals surface area (Å²) in [6.45, 7) is 3.24. The van der Waals surface area contributed by atoms with Crippen LogP contribution in [-0.4, -0.2) is 44.4 Å². The first-order chi connectivity index (χ1) is 8.63. The molecular weight excluding hydrogens is 287 g/mol. The van der Waals surface area contributed by atoms with Crippen LogP contribution in [0.15, 0.2) is 23.1 Å². The fraction of sp³-hybridized carbons (Fsp3) is 0.538. The van der Waals surface area contributed by atoms with Gasteiger partial charge in [-0.25, -0.2) is 0 Å². The van der Waals surface area contributed by atoms with Gasteiger partial charge in [-0.2, -0.15) is 0 Å². The molecule has 0 spiro atoms. The molecule has 5 heteroatoms. The molecule has 1 aromatic carbocycles. The number of rotatable bonds is 8. The first kappa shape index (κ1) is 16.1. The summed E-state index contributed by atoms with van der Waals surface area (Å²) in [6, 6.07) is 5.59.